The fraction of sp³-hybridized carbons (Fsp3) is 0.840. The third kappa shape index (κ3) is 7.63. The van der Waals surface area contributed by atoms with Crippen LogP contribution in [0.4, 0.5) is 4.39 Å². The van der Waals surface area contributed by atoms with Crippen LogP contribution in [0.2, 0.25) is 5.02 Å². The number of hydrogen-bond donors (Lipinski definition) is 6. The van der Waals surface area contributed by atoms with Crippen LogP contribution < -0.4 is 11.2 Å². The van der Waals surface area contributed by atoms with Crippen LogP contribution in [0.15, 0.2) is 15.8 Å². The van der Waals surface area contributed by atoms with Gasteiger partial charge in [0.2, 0.25) is 5.72 Å². The van der Waals surface area contributed by atoms with E-state index in [1.807, 2.05) is 0 Å². The summed E-state index contributed by atoms with van der Waals surface area (Å²) in [5.74, 6) is -3.32. The zero-order valence-corrected chi connectivity index (χ0v) is 22.8. The fourth-order valence-electron chi connectivity index (χ4n) is 4.81. The summed E-state index contributed by atoms with van der Waals surface area (Å²) >= 11 is 5.72. The molecule has 1 unspecified atom stereocenters. The Morgan fingerprint density at radius 3 is 2.05 bits per heavy atom. The van der Waals surface area contributed by atoms with Gasteiger partial charge in [0.1, 0.15) is 17.2 Å². The monoisotopic (exact) mass is 567 g/mol. The smallest absolute Gasteiger partial charge is 0.332 e. The van der Waals surface area contributed by atoms with Gasteiger partial charge in [-0.05, 0) is 12.8 Å². The van der Waals surface area contributed by atoms with Gasteiger partial charge in [-0.2, -0.15) is 0 Å². The molecule has 0 aromatic carbocycles. The minimum absolute atomic E-state index is 0.205. The van der Waals surface area contributed by atoms with E-state index in [0.29, 0.717) is 19.0 Å². The quantitative estimate of drug-likeness (QED) is 0.0676. The number of ether oxygens (including phenoxy) is 1. The van der Waals surface area contributed by atoms with E-state index in [1.54, 1.807) is 4.98 Å². The first-order valence-corrected chi connectivity index (χ1v) is 14.0. The van der Waals surface area contributed by atoms with Crippen molar-refractivity contribution >= 4 is 11.6 Å². The summed E-state index contributed by atoms with van der Waals surface area (Å²) in [5, 5.41) is 52.0. The Bertz CT molecular complexity index is 965. The molecule has 6 N–H and O–H groups in total. The van der Waals surface area contributed by atoms with Crippen molar-refractivity contribution in [3.05, 3.63) is 32.1 Å². The highest BCUT2D eigenvalue weighted by Gasteiger charge is 2.71. The number of rotatable bonds is 18. The fourth-order valence-corrected chi connectivity index (χ4v) is 4.95. The molecule has 1 aromatic heterocycles. The van der Waals surface area contributed by atoms with Gasteiger partial charge in [-0.25, -0.2) is 13.8 Å². The lowest BCUT2D eigenvalue weighted by Gasteiger charge is -2.43. The van der Waals surface area contributed by atoms with E-state index in [-0.39, 0.29) is 16.1 Å². The van der Waals surface area contributed by atoms with Crippen LogP contribution in [0.3, 0.4) is 0 Å². The number of hydroxylamine groups is 2. The highest BCUT2D eigenvalue weighted by Crippen LogP contribution is 2.44. The molecule has 1 aromatic rings. The van der Waals surface area contributed by atoms with Gasteiger partial charge in [0.15, 0.2) is 6.30 Å². The predicted molar refractivity (Wildman–Crippen MR) is 138 cm³/mol. The van der Waals surface area contributed by atoms with Crippen LogP contribution in [-0.4, -0.2) is 71.1 Å². The second-order valence-electron chi connectivity index (χ2n) is 10.0. The SMILES string of the molecule is CCCCCCCCCCCCCCCC(F)N(O)[C@@]1(O)[C@H](O)[C@@H](CO)O[C@]1(O)n1cc(Cl)c(=O)[nH]c1=O. The Morgan fingerprint density at radius 2 is 1.55 bits per heavy atom. The van der Waals surface area contributed by atoms with E-state index < -0.39 is 53.0 Å². The van der Waals surface area contributed by atoms with Crippen LogP contribution in [0.1, 0.15) is 96.8 Å². The summed E-state index contributed by atoms with van der Waals surface area (Å²) in [4.78, 5) is 25.7. The lowest BCUT2D eigenvalue weighted by Crippen LogP contribution is -2.69. The number of aliphatic hydroxyl groups is 4. The second-order valence-corrected chi connectivity index (χ2v) is 10.4. The highest BCUT2D eigenvalue weighted by molar-refractivity contribution is 6.30. The molecule has 1 saturated heterocycles. The first kappa shape index (κ1) is 32.8. The number of nitrogens with zero attached hydrogens (tertiary/aromatic N) is 2. The molecule has 0 amide bonds. The first-order valence-electron chi connectivity index (χ1n) is 13.6. The molecule has 1 fully saturated rings. The van der Waals surface area contributed by atoms with Gasteiger partial charge in [0, 0.05) is 6.20 Å². The summed E-state index contributed by atoms with van der Waals surface area (Å²) in [6.45, 7) is 1.25. The van der Waals surface area contributed by atoms with Crippen LogP contribution >= 0.6 is 11.6 Å². The summed E-state index contributed by atoms with van der Waals surface area (Å²) < 4.78 is 20.3. The number of aliphatic hydroxyl groups excluding tert-OH is 2. The lowest BCUT2D eigenvalue weighted by atomic mass is 9.99. The van der Waals surface area contributed by atoms with Crippen molar-refractivity contribution in [2.75, 3.05) is 6.61 Å². The number of H-pyrrole nitrogens is 1. The summed E-state index contributed by atoms with van der Waals surface area (Å²) in [6.07, 6.45) is 8.11. The topological polar surface area (TPSA) is 168 Å². The molecular weight excluding hydrogens is 525 g/mol. The summed E-state index contributed by atoms with van der Waals surface area (Å²) in [7, 11) is 0. The predicted octanol–water partition coefficient (Wildman–Crippen LogP) is 2.70. The number of hydrogen-bond acceptors (Lipinski definition) is 9. The van der Waals surface area contributed by atoms with E-state index in [9.17, 15) is 35.2 Å². The van der Waals surface area contributed by atoms with E-state index in [0.717, 1.165) is 25.7 Å². The molecule has 0 aliphatic carbocycles. The van der Waals surface area contributed by atoms with Crippen LogP contribution in [0.5, 0.6) is 0 Å². The molecule has 2 rings (SSSR count). The van der Waals surface area contributed by atoms with E-state index in [1.165, 1.54) is 44.9 Å². The van der Waals surface area contributed by atoms with Crippen molar-refractivity contribution in [3.8, 4) is 0 Å². The average molecular weight is 568 g/mol. The normalized spacial score (nSPS) is 26.3. The maximum atomic E-state index is 15.0. The molecule has 0 saturated carbocycles. The molecule has 0 spiro atoms. The maximum Gasteiger partial charge on any atom is 0.332 e. The van der Waals surface area contributed by atoms with E-state index in [2.05, 4.69) is 6.92 Å². The standard InChI is InChI=1S/C25H43ClFN3O8/c1-2-3-4-5-6-7-8-9-10-11-12-13-14-15-20(27)30(37)24(35)21(32)19(17-31)38-25(24,36)29-16-18(26)22(33)28-23(29)34/h16,19-21,31-32,35-37H,2-15,17H2,1H3,(H,28,33,34)/t19-,20?,21-,24-,25+/m1/s1. The number of nitrogens with one attached hydrogen (secondary N) is 1. The number of aromatic nitrogens is 2. The van der Waals surface area contributed by atoms with Gasteiger partial charge in [0.25, 0.3) is 5.56 Å². The molecular formula is C25H43ClFN3O8. The van der Waals surface area contributed by atoms with Gasteiger partial charge in [0.05, 0.1) is 6.61 Å². The molecule has 11 nitrogen and oxygen atoms in total. The minimum atomic E-state index is -3.35. The summed E-state index contributed by atoms with van der Waals surface area (Å²) in [6, 6.07) is 0. The highest BCUT2D eigenvalue weighted by atomic mass is 35.5. The molecule has 1 aliphatic heterocycles. The average Bonchev–Trinajstić information content (AvgIpc) is 3.10. The van der Waals surface area contributed by atoms with Crippen molar-refractivity contribution < 1.29 is 34.8 Å². The van der Waals surface area contributed by atoms with E-state index >= 15 is 4.39 Å². The Labute approximate surface area is 226 Å². The van der Waals surface area contributed by atoms with Gasteiger partial charge in [-0.1, -0.05) is 95.6 Å². The van der Waals surface area contributed by atoms with E-state index in [4.69, 9.17) is 16.3 Å². The van der Waals surface area contributed by atoms with Gasteiger partial charge in [-0.15, -0.1) is 5.06 Å². The van der Waals surface area contributed by atoms with Crippen LogP contribution in [-0.2, 0) is 10.6 Å². The van der Waals surface area contributed by atoms with Crippen molar-refractivity contribution in [1.82, 2.24) is 14.6 Å². The lowest BCUT2D eigenvalue weighted by molar-refractivity contribution is -0.428. The number of halogens is 2. The third-order valence-corrected chi connectivity index (χ3v) is 7.39. The number of alkyl halides is 1. The van der Waals surface area contributed by atoms with Crippen LogP contribution in [0.25, 0.3) is 0 Å². The second kappa shape index (κ2) is 15.4. The molecule has 1 aliphatic rings. The molecule has 5 atom stereocenters. The largest absolute Gasteiger partial charge is 0.394 e. The Kier molecular flexibility index (Phi) is 13.3. The molecule has 2 heterocycles. The Morgan fingerprint density at radius 1 is 1.05 bits per heavy atom. The third-order valence-electron chi connectivity index (χ3n) is 7.13. The zero-order chi connectivity index (χ0) is 28.3. The van der Waals surface area contributed by atoms with Crippen LogP contribution in [0, 0.1) is 0 Å². The van der Waals surface area contributed by atoms with Gasteiger partial charge in [-0.3, -0.25) is 9.78 Å². The maximum absolute atomic E-state index is 15.0. The Hall–Kier alpha value is -1.38. The van der Waals surface area contributed by atoms with Gasteiger partial charge >= 0.3 is 11.6 Å². The molecule has 13 heteroatoms. The van der Waals surface area contributed by atoms with Crippen molar-refractivity contribution in [1.29, 1.82) is 0 Å². The first-order chi connectivity index (χ1) is 18.0. The summed E-state index contributed by atoms with van der Waals surface area (Å²) in [5.41, 5.74) is -5.68. The molecule has 0 bridgehead atoms. The molecule has 38 heavy (non-hydrogen) atoms. The van der Waals surface area contributed by atoms with Gasteiger partial charge < -0.3 is 30.4 Å². The van der Waals surface area contributed by atoms with Crippen molar-refractivity contribution in [2.24, 2.45) is 0 Å². The van der Waals surface area contributed by atoms with Crippen molar-refractivity contribution in [2.45, 2.75) is 127 Å². The molecule has 0 radical (unpaired) electrons. The molecule has 220 valence electrons. The zero-order valence-electron chi connectivity index (χ0n) is 22.0. The Balaban J connectivity index is 1.90. The number of aromatic amines is 1. The van der Waals surface area contributed by atoms with Crippen molar-refractivity contribution in [3.63, 3.8) is 0 Å². The number of unbranched alkanes of at least 4 members (excludes halogenated alkanes) is 12. The minimum Gasteiger partial charge on any atom is -0.394 e.